The van der Waals surface area contributed by atoms with Gasteiger partial charge in [-0.2, -0.15) is 0 Å². The van der Waals surface area contributed by atoms with E-state index >= 15 is 0 Å². The lowest BCUT2D eigenvalue weighted by molar-refractivity contribution is 0.0687. The molecule has 0 aromatic carbocycles. The second-order valence-electron chi connectivity index (χ2n) is 4.93. The maximum Gasteiger partial charge on any atom is 0.273 e. The van der Waals surface area contributed by atoms with Crippen molar-refractivity contribution in [2.45, 2.75) is 38.6 Å². The predicted octanol–water partition coefficient (Wildman–Crippen LogP) is 1.80. The molecule has 1 aromatic heterocycles. The molecule has 2 rings (SSSR count). The molecule has 20 heavy (non-hydrogen) atoms. The van der Waals surface area contributed by atoms with Gasteiger partial charge in [0.05, 0.1) is 12.1 Å². The van der Waals surface area contributed by atoms with Crippen LogP contribution in [0.25, 0.3) is 0 Å². The van der Waals surface area contributed by atoms with Crippen molar-refractivity contribution in [2.24, 2.45) is 5.73 Å². The number of hydrogen-bond acceptors (Lipinski definition) is 3. The first kappa shape index (κ1) is 14.5. The molecule has 0 radical (unpaired) electrons. The number of nitrogens with zero attached hydrogens (tertiary/aromatic N) is 2. The van der Waals surface area contributed by atoms with E-state index < -0.39 is 0 Å². The molecule has 0 atom stereocenters. The average molecular weight is 271 g/mol. The highest BCUT2D eigenvalue weighted by Crippen LogP contribution is 2.24. The summed E-state index contributed by atoms with van der Waals surface area (Å²) in [6.45, 7) is 3.01. The van der Waals surface area contributed by atoms with Gasteiger partial charge in [0.2, 0.25) is 0 Å². The Hall–Kier alpha value is -1.86. The highest BCUT2D eigenvalue weighted by molar-refractivity contribution is 5.95. The minimum Gasteiger partial charge on any atom is -0.335 e. The standard InChI is InChI=1S/C16H21N3O/c1-2-19(14-9-3-4-10-14)16(20)15-13(7-5-11-17)8-6-12-18-15/h6,8,12,14H,2-4,9-11,17H2,1H3. The average Bonchev–Trinajstić information content (AvgIpc) is 3.00. The third kappa shape index (κ3) is 3.17. The molecule has 1 aromatic rings. The van der Waals surface area contributed by atoms with Gasteiger partial charge in [-0.25, -0.2) is 4.98 Å². The van der Waals surface area contributed by atoms with Gasteiger partial charge in [-0.05, 0) is 31.9 Å². The predicted molar refractivity (Wildman–Crippen MR) is 79.1 cm³/mol. The number of hydrogen-bond donors (Lipinski definition) is 1. The SMILES string of the molecule is CCN(C(=O)c1ncccc1C#CCN)C1CCCC1. The lowest BCUT2D eigenvalue weighted by atomic mass is 10.1. The molecule has 0 spiro atoms. The second kappa shape index (κ2) is 7.06. The smallest absolute Gasteiger partial charge is 0.273 e. The molecule has 4 nitrogen and oxygen atoms in total. The Morgan fingerprint density at radius 2 is 2.25 bits per heavy atom. The van der Waals surface area contributed by atoms with E-state index in [2.05, 4.69) is 16.8 Å². The van der Waals surface area contributed by atoms with E-state index in [0.717, 1.165) is 12.8 Å². The molecule has 1 aliphatic rings. The van der Waals surface area contributed by atoms with Crippen molar-refractivity contribution < 1.29 is 4.79 Å². The zero-order valence-corrected chi connectivity index (χ0v) is 11.9. The first-order chi connectivity index (χ1) is 9.77. The Morgan fingerprint density at radius 1 is 1.50 bits per heavy atom. The van der Waals surface area contributed by atoms with Gasteiger partial charge in [-0.15, -0.1) is 0 Å². The Kier molecular flexibility index (Phi) is 5.14. The van der Waals surface area contributed by atoms with E-state index in [1.54, 1.807) is 12.3 Å². The molecule has 0 unspecified atom stereocenters. The van der Waals surface area contributed by atoms with Gasteiger partial charge in [0, 0.05) is 18.8 Å². The lowest BCUT2D eigenvalue weighted by Crippen LogP contribution is -2.39. The Balaban J connectivity index is 2.27. The van der Waals surface area contributed by atoms with Crippen molar-refractivity contribution in [3.05, 3.63) is 29.6 Å². The maximum absolute atomic E-state index is 12.7. The van der Waals surface area contributed by atoms with Crippen LogP contribution in [0.15, 0.2) is 18.3 Å². The fourth-order valence-corrected chi connectivity index (χ4v) is 2.74. The summed E-state index contributed by atoms with van der Waals surface area (Å²) in [4.78, 5) is 18.9. The van der Waals surface area contributed by atoms with E-state index in [4.69, 9.17) is 5.73 Å². The molecule has 1 amide bonds. The quantitative estimate of drug-likeness (QED) is 0.853. The lowest BCUT2D eigenvalue weighted by Gasteiger charge is -2.27. The monoisotopic (exact) mass is 271 g/mol. The van der Waals surface area contributed by atoms with Crippen molar-refractivity contribution in [1.29, 1.82) is 0 Å². The molecule has 1 aliphatic carbocycles. The fraction of sp³-hybridized carbons (Fsp3) is 0.500. The summed E-state index contributed by atoms with van der Waals surface area (Å²) < 4.78 is 0. The summed E-state index contributed by atoms with van der Waals surface area (Å²) in [5.74, 6) is 5.72. The summed E-state index contributed by atoms with van der Waals surface area (Å²) in [5.41, 5.74) is 6.51. The molecular weight excluding hydrogens is 250 g/mol. The highest BCUT2D eigenvalue weighted by Gasteiger charge is 2.27. The van der Waals surface area contributed by atoms with Crippen LogP contribution < -0.4 is 5.73 Å². The molecule has 106 valence electrons. The van der Waals surface area contributed by atoms with Crippen LogP contribution in [0.2, 0.25) is 0 Å². The fourth-order valence-electron chi connectivity index (χ4n) is 2.74. The van der Waals surface area contributed by atoms with E-state index in [-0.39, 0.29) is 12.5 Å². The first-order valence-corrected chi connectivity index (χ1v) is 7.22. The van der Waals surface area contributed by atoms with E-state index in [9.17, 15) is 4.79 Å². The number of nitrogens with two attached hydrogens (primary N) is 1. The van der Waals surface area contributed by atoms with E-state index in [1.807, 2.05) is 17.9 Å². The van der Waals surface area contributed by atoms with Crippen LogP contribution in [-0.2, 0) is 0 Å². The van der Waals surface area contributed by atoms with Crippen molar-refractivity contribution in [1.82, 2.24) is 9.88 Å². The minimum absolute atomic E-state index is 0.0127. The van der Waals surface area contributed by atoms with Crippen LogP contribution >= 0.6 is 0 Å². The van der Waals surface area contributed by atoms with Crippen LogP contribution in [0.3, 0.4) is 0 Å². The Labute approximate surface area is 120 Å². The Bertz CT molecular complexity index is 524. The molecule has 0 bridgehead atoms. The summed E-state index contributed by atoms with van der Waals surface area (Å²) >= 11 is 0. The van der Waals surface area contributed by atoms with Gasteiger partial charge in [0.15, 0.2) is 0 Å². The van der Waals surface area contributed by atoms with Gasteiger partial charge in [-0.1, -0.05) is 24.7 Å². The number of rotatable bonds is 3. The number of aromatic nitrogens is 1. The molecule has 2 N–H and O–H groups in total. The van der Waals surface area contributed by atoms with Crippen LogP contribution in [-0.4, -0.2) is 34.9 Å². The van der Waals surface area contributed by atoms with Crippen LogP contribution in [0.4, 0.5) is 0 Å². The molecular formula is C16H21N3O. The van der Waals surface area contributed by atoms with Crippen molar-refractivity contribution in [3.8, 4) is 11.8 Å². The molecule has 1 heterocycles. The van der Waals surface area contributed by atoms with Gasteiger partial charge < -0.3 is 10.6 Å². The van der Waals surface area contributed by atoms with Gasteiger partial charge in [0.25, 0.3) is 5.91 Å². The van der Waals surface area contributed by atoms with Gasteiger partial charge >= 0.3 is 0 Å². The van der Waals surface area contributed by atoms with Crippen LogP contribution in [0.1, 0.15) is 48.7 Å². The summed E-state index contributed by atoms with van der Waals surface area (Å²) in [6.07, 6.45) is 6.24. The molecule has 1 fully saturated rings. The molecule has 4 heteroatoms. The van der Waals surface area contributed by atoms with E-state index in [0.29, 0.717) is 23.8 Å². The minimum atomic E-state index is -0.0127. The van der Waals surface area contributed by atoms with Crippen molar-refractivity contribution in [3.63, 3.8) is 0 Å². The zero-order chi connectivity index (χ0) is 14.4. The highest BCUT2D eigenvalue weighted by atomic mass is 16.2. The zero-order valence-electron chi connectivity index (χ0n) is 11.9. The van der Waals surface area contributed by atoms with Gasteiger partial charge in [0.1, 0.15) is 5.69 Å². The summed E-state index contributed by atoms with van der Waals surface area (Å²) in [5, 5.41) is 0. The normalized spacial score (nSPS) is 14.7. The number of pyridine rings is 1. The molecule has 0 saturated heterocycles. The largest absolute Gasteiger partial charge is 0.335 e. The van der Waals surface area contributed by atoms with E-state index in [1.165, 1.54) is 12.8 Å². The second-order valence-corrected chi connectivity index (χ2v) is 4.93. The molecule has 0 aliphatic heterocycles. The van der Waals surface area contributed by atoms with Crippen molar-refractivity contribution >= 4 is 5.91 Å². The topological polar surface area (TPSA) is 59.2 Å². The summed E-state index contributed by atoms with van der Waals surface area (Å²) in [7, 11) is 0. The van der Waals surface area contributed by atoms with Crippen molar-refractivity contribution in [2.75, 3.05) is 13.1 Å². The number of carbonyl (C=O) groups excluding carboxylic acids is 1. The summed E-state index contributed by atoms with van der Waals surface area (Å²) in [6, 6.07) is 3.97. The number of carbonyl (C=O) groups is 1. The maximum atomic E-state index is 12.7. The first-order valence-electron chi connectivity index (χ1n) is 7.22. The van der Waals surface area contributed by atoms with Crippen LogP contribution in [0, 0.1) is 11.8 Å². The Morgan fingerprint density at radius 3 is 2.90 bits per heavy atom. The van der Waals surface area contributed by atoms with Gasteiger partial charge in [-0.3, -0.25) is 4.79 Å². The number of amides is 1. The third-order valence-corrected chi connectivity index (χ3v) is 3.70. The third-order valence-electron chi connectivity index (χ3n) is 3.70. The molecule has 1 saturated carbocycles. The van der Waals surface area contributed by atoms with Crippen LogP contribution in [0.5, 0.6) is 0 Å².